The molecule has 1 rings (SSSR count). The summed E-state index contributed by atoms with van der Waals surface area (Å²) in [7, 11) is 1.45. The van der Waals surface area contributed by atoms with E-state index >= 15 is 0 Å². The van der Waals surface area contributed by atoms with Gasteiger partial charge < -0.3 is 11.1 Å². The van der Waals surface area contributed by atoms with Crippen molar-refractivity contribution in [1.82, 2.24) is 5.32 Å². The van der Waals surface area contributed by atoms with Gasteiger partial charge in [-0.05, 0) is 36.7 Å². The van der Waals surface area contributed by atoms with Crippen molar-refractivity contribution in [2.24, 2.45) is 5.73 Å². The summed E-state index contributed by atoms with van der Waals surface area (Å²) in [4.78, 5) is 11.5. The van der Waals surface area contributed by atoms with Crippen molar-refractivity contribution < 1.29 is 13.6 Å². The highest BCUT2D eigenvalue weighted by Gasteiger charge is 2.13. The van der Waals surface area contributed by atoms with Crippen LogP contribution in [-0.2, 0) is 0 Å². The second-order valence-electron chi connectivity index (χ2n) is 3.59. The molecule has 0 fully saturated rings. The Bertz CT molecular complexity index is 485. The maximum absolute atomic E-state index is 12.8. The molecule has 0 aliphatic heterocycles. The van der Waals surface area contributed by atoms with E-state index in [9.17, 15) is 13.6 Å². The second kappa shape index (κ2) is 6.47. The molecule has 6 heteroatoms. The Balaban J connectivity index is 3.28. The van der Waals surface area contributed by atoms with Gasteiger partial charge in [-0.15, -0.1) is 0 Å². The highest BCUT2D eigenvalue weighted by molar-refractivity contribution is 6.31. The zero-order valence-electron chi connectivity index (χ0n) is 9.77. The molecular weight excluding hydrogens is 262 g/mol. The molecule has 1 aromatic carbocycles. The van der Waals surface area contributed by atoms with Gasteiger partial charge in [-0.25, -0.2) is 0 Å². The maximum Gasteiger partial charge on any atom is 0.274 e. The van der Waals surface area contributed by atoms with Gasteiger partial charge in [0.1, 0.15) is 0 Å². The highest BCUT2D eigenvalue weighted by Crippen LogP contribution is 2.27. The first kappa shape index (κ1) is 14.6. The van der Waals surface area contributed by atoms with Crippen LogP contribution in [-0.4, -0.2) is 19.5 Å². The standard InChI is InChI=1S/C12H13ClF2N2O/c1-17-12(18)8-4-7(5-9(13)6-8)10(2-3-16)11(14)15/h4-6H,2-3,16H2,1H3,(H,17,18). The molecule has 0 saturated heterocycles. The van der Waals surface area contributed by atoms with E-state index in [-0.39, 0.29) is 40.6 Å². The summed E-state index contributed by atoms with van der Waals surface area (Å²) in [6, 6.07) is 4.17. The molecule has 1 aromatic rings. The molecule has 0 spiro atoms. The van der Waals surface area contributed by atoms with E-state index in [2.05, 4.69) is 5.32 Å². The Hall–Kier alpha value is -1.46. The van der Waals surface area contributed by atoms with Crippen LogP contribution in [0, 0.1) is 0 Å². The highest BCUT2D eigenvalue weighted by atomic mass is 35.5. The number of carbonyl (C=O) groups is 1. The molecule has 0 saturated carbocycles. The topological polar surface area (TPSA) is 55.1 Å². The van der Waals surface area contributed by atoms with Crippen molar-refractivity contribution in [3.8, 4) is 0 Å². The summed E-state index contributed by atoms with van der Waals surface area (Å²) in [6.45, 7) is 0.0918. The summed E-state index contributed by atoms with van der Waals surface area (Å²) in [6.07, 6.45) is -1.79. The molecule has 1 amide bonds. The number of hydrogen-bond acceptors (Lipinski definition) is 2. The molecule has 0 aliphatic rings. The van der Waals surface area contributed by atoms with E-state index in [0.717, 1.165) is 0 Å². The van der Waals surface area contributed by atoms with Crippen molar-refractivity contribution in [1.29, 1.82) is 0 Å². The lowest BCUT2D eigenvalue weighted by Crippen LogP contribution is -2.18. The second-order valence-corrected chi connectivity index (χ2v) is 4.02. The number of amides is 1. The van der Waals surface area contributed by atoms with Gasteiger partial charge in [-0.1, -0.05) is 11.6 Å². The lowest BCUT2D eigenvalue weighted by atomic mass is 10.0. The molecule has 98 valence electrons. The number of hydrogen-bond donors (Lipinski definition) is 2. The molecule has 0 bridgehead atoms. The van der Waals surface area contributed by atoms with E-state index in [1.165, 1.54) is 25.2 Å². The van der Waals surface area contributed by atoms with Crippen LogP contribution in [0.15, 0.2) is 24.3 Å². The molecule has 18 heavy (non-hydrogen) atoms. The van der Waals surface area contributed by atoms with Gasteiger partial charge in [-0.3, -0.25) is 4.79 Å². The number of nitrogens with two attached hydrogens (primary N) is 1. The molecule has 3 N–H and O–H groups in total. The average Bonchev–Trinajstić information content (AvgIpc) is 2.33. The van der Waals surface area contributed by atoms with Crippen LogP contribution in [0.2, 0.25) is 5.02 Å². The van der Waals surface area contributed by atoms with Crippen molar-refractivity contribution in [2.75, 3.05) is 13.6 Å². The minimum atomic E-state index is -1.81. The van der Waals surface area contributed by atoms with Gasteiger partial charge in [0.25, 0.3) is 12.0 Å². The molecule has 0 atom stereocenters. The van der Waals surface area contributed by atoms with Gasteiger partial charge in [0.15, 0.2) is 0 Å². The van der Waals surface area contributed by atoms with E-state index < -0.39 is 6.08 Å². The van der Waals surface area contributed by atoms with E-state index in [4.69, 9.17) is 17.3 Å². The van der Waals surface area contributed by atoms with Crippen LogP contribution < -0.4 is 11.1 Å². The third-order valence-corrected chi connectivity index (χ3v) is 2.58. The zero-order valence-corrected chi connectivity index (χ0v) is 10.5. The molecule has 3 nitrogen and oxygen atoms in total. The maximum atomic E-state index is 12.8. The third-order valence-electron chi connectivity index (χ3n) is 2.36. The molecule has 0 unspecified atom stereocenters. The van der Waals surface area contributed by atoms with Crippen molar-refractivity contribution in [3.05, 3.63) is 40.4 Å². The van der Waals surface area contributed by atoms with Crippen LogP contribution in [0.1, 0.15) is 22.3 Å². The smallest absolute Gasteiger partial charge is 0.274 e. The molecule has 0 aromatic heterocycles. The fraction of sp³-hybridized carbons (Fsp3) is 0.250. The average molecular weight is 275 g/mol. The van der Waals surface area contributed by atoms with Crippen molar-refractivity contribution >= 4 is 23.1 Å². The van der Waals surface area contributed by atoms with E-state index in [1.54, 1.807) is 0 Å². The number of halogens is 3. The number of rotatable bonds is 4. The third kappa shape index (κ3) is 3.51. The van der Waals surface area contributed by atoms with E-state index in [1.807, 2.05) is 0 Å². The summed E-state index contributed by atoms with van der Waals surface area (Å²) in [5, 5.41) is 2.63. The van der Waals surface area contributed by atoms with Gasteiger partial charge in [0, 0.05) is 23.2 Å². The van der Waals surface area contributed by atoms with Crippen LogP contribution in [0.5, 0.6) is 0 Å². The Labute approximate surface area is 109 Å². The quantitative estimate of drug-likeness (QED) is 0.887. The fourth-order valence-electron chi connectivity index (χ4n) is 1.53. The fourth-order valence-corrected chi connectivity index (χ4v) is 1.77. The number of carbonyl (C=O) groups excluding carboxylic acids is 1. The summed E-state index contributed by atoms with van der Waals surface area (Å²) in [5.41, 5.74) is 5.54. The monoisotopic (exact) mass is 274 g/mol. The van der Waals surface area contributed by atoms with Crippen LogP contribution in [0.4, 0.5) is 8.78 Å². The SMILES string of the molecule is CNC(=O)c1cc(Cl)cc(C(CCN)=C(F)F)c1. The Morgan fingerprint density at radius 3 is 2.44 bits per heavy atom. The Kier molecular flexibility index (Phi) is 5.25. The van der Waals surface area contributed by atoms with Gasteiger partial charge in [0.05, 0.1) is 0 Å². The van der Waals surface area contributed by atoms with Gasteiger partial charge in [0.2, 0.25) is 0 Å². The van der Waals surface area contributed by atoms with Gasteiger partial charge >= 0.3 is 0 Å². The molecule has 0 aliphatic carbocycles. The van der Waals surface area contributed by atoms with Crippen molar-refractivity contribution in [2.45, 2.75) is 6.42 Å². The first-order valence-corrected chi connectivity index (χ1v) is 5.64. The molecule has 0 radical (unpaired) electrons. The van der Waals surface area contributed by atoms with Crippen molar-refractivity contribution in [3.63, 3.8) is 0 Å². The summed E-state index contributed by atoms with van der Waals surface area (Å²) < 4.78 is 25.6. The van der Waals surface area contributed by atoms with Crippen LogP contribution in [0.25, 0.3) is 5.57 Å². The summed E-state index contributed by atoms with van der Waals surface area (Å²) >= 11 is 5.82. The van der Waals surface area contributed by atoms with E-state index in [0.29, 0.717) is 0 Å². The minimum Gasteiger partial charge on any atom is -0.355 e. The number of nitrogens with one attached hydrogen (secondary N) is 1. The number of benzene rings is 1. The molecule has 0 heterocycles. The lowest BCUT2D eigenvalue weighted by molar-refractivity contribution is 0.0963. The zero-order chi connectivity index (χ0) is 13.7. The predicted molar refractivity (Wildman–Crippen MR) is 67.6 cm³/mol. The van der Waals surface area contributed by atoms with Crippen LogP contribution >= 0.6 is 11.6 Å². The minimum absolute atomic E-state index is 0.0237. The largest absolute Gasteiger partial charge is 0.355 e. The van der Waals surface area contributed by atoms with Crippen LogP contribution in [0.3, 0.4) is 0 Å². The first-order chi connectivity index (χ1) is 8.49. The Morgan fingerprint density at radius 2 is 1.94 bits per heavy atom. The van der Waals surface area contributed by atoms with Gasteiger partial charge in [-0.2, -0.15) is 8.78 Å². The normalized spacial score (nSPS) is 10.1. The lowest BCUT2D eigenvalue weighted by Gasteiger charge is -2.08. The molecular formula is C12H13ClF2N2O. The first-order valence-electron chi connectivity index (χ1n) is 5.26. The Morgan fingerprint density at radius 1 is 1.33 bits per heavy atom. The predicted octanol–water partition coefficient (Wildman–Crippen LogP) is 2.66. The summed E-state index contributed by atoms with van der Waals surface area (Å²) in [5.74, 6) is -0.384.